The molecule has 0 unspecified atom stereocenters. The van der Waals surface area contributed by atoms with Crippen LogP contribution in [0.5, 0.6) is 0 Å². The van der Waals surface area contributed by atoms with Gasteiger partial charge in [-0.25, -0.2) is 0 Å². The zero-order valence-electron chi connectivity index (χ0n) is 4.14. The van der Waals surface area contributed by atoms with Crippen molar-refractivity contribution in [2.24, 2.45) is 0 Å². The summed E-state index contributed by atoms with van der Waals surface area (Å²) in [6, 6.07) is 0. The van der Waals surface area contributed by atoms with Gasteiger partial charge in [-0.05, 0) is 0 Å². The largest absolute Gasteiger partial charge is 0.370 e. The molecule has 7 heavy (non-hydrogen) atoms. The van der Waals surface area contributed by atoms with Crippen molar-refractivity contribution >= 4 is 0 Å². The van der Waals surface area contributed by atoms with Crippen LogP contribution in [0, 0.1) is 6.48 Å². The van der Waals surface area contributed by atoms with Crippen molar-refractivity contribution in [2.75, 3.05) is 20.3 Å². The monoisotopic (exact) mass is 103 g/mol. The lowest BCUT2D eigenvalue weighted by molar-refractivity contribution is -0.102. The second-order valence-corrected chi connectivity index (χ2v) is 1.15. The highest BCUT2D eigenvalue weighted by Crippen LogP contribution is 2.10. The first-order valence-electron chi connectivity index (χ1n) is 2.10. The fourth-order valence-electron chi connectivity index (χ4n) is 0.410. The van der Waals surface area contributed by atoms with Gasteiger partial charge in [0.25, 0.3) is 0 Å². The maximum atomic E-state index is 4.77. The molecule has 1 rings (SSSR count). The molecule has 0 N–H and O–H groups in total. The Labute approximate surface area is 42.2 Å². The van der Waals surface area contributed by atoms with Crippen molar-refractivity contribution in [3.05, 3.63) is 6.48 Å². The molecule has 1 radical (unpaired) electrons. The predicted molar refractivity (Wildman–Crippen MR) is 22.2 cm³/mol. The van der Waals surface area contributed by atoms with Gasteiger partial charge in [-0.2, -0.15) is 0 Å². The number of rotatable bonds is 1. The minimum atomic E-state index is 0.292. The molecular formula is C4H7O3. The summed E-state index contributed by atoms with van der Waals surface area (Å²) in [6.07, 6.45) is 0. The van der Waals surface area contributed by atoms with Gasteiger partial charge in [-0.1, -0.05) is 0 Å². The van der Waals surface area contributed by atoms with Gasteiger partial charge in [0.1, 0.15) is 0 Å². The molecule has 0 atom stereocenters. The smallest absolute Gasteiger partial charge is 0.324 e. The lowest BCUT2D eigenvalue weighted by Gasteiger charge is -1.98. The van der Waals surface area contributed by atoms with Crippen LogP contribution in [0.25, 0.3) is 0 Å². The standard InChI is InChI=1S/C4H7O3/c1-5-4-6-2-3-7-4/h2-3H2,1H3. The van der Waals surface area contributed by atoms with Gasteiger partial charge in [-0.15, -0.1) is 0 Å². The van der Waals surface area contributed by atoms with E-state index in [0.717, 1.165) is 0 Å². The van der Waals surface area contributed by atoms with Gasteiger partial charge in [0.15, 0.2) is 0 Å². The molecule has 0 bridgehead atoms. The van der Waals surface area contributed by atoms with Crippen LogP contribution >= 0.6 is 0 Å². The van der Waals surface area contributed by atoms with Gasteiger partial charge in [-0.3, -0.25) is 0 Å². The molecule has 0 aromatic rings. The van der Waals surface area contributed by atoms with Crippen LogP contribution in [-0.2, 0) is 14.2 Å². The van der Waals surface area contributed by atoms with E-state index in [4.69, 9.17) is 9.47 Å². The Morgan fingerprint density at radius 3 is 2.29 bits per heavy atom. The summed E-state index contributed by atoms with van der Waals surface area (Å²) in [6.45, 7) is 1.52. The molecule has 3 nitrogen and oxygen atoms in total. The van der Waals surface area contributed by atoms with Crippen molar-refractivity contribution in [3.8, 4) is 0 Å². The summed E-state index contributed by atoms with van der Waals surface area (Å²) in [4.78, 5) is 0. The summed E-state index contributed by atoms with van der Waals surface area (Å²) < 4.78 is 14.1. The zero-order chi connectivity index (χ0) is 5.11. The fraction of sp³-hybridized carbons (Fsp3) is 0.750. The van der Waals surface area contributed by atoms with E-state index in [-0.39, 0.29) is 0 Å². The first-order chi connectivity index (χ1) is 3.43. The first kappa shape index (κ1) is 5.03. The highest BCUT2D eigenvalue weighted by Gasteiger charge is 2.16. The molecule has 0 aliphatic carbocycles. The maximum absolute atomic E-state index is 4.77. The molecule has 0 spiro atoms. The molecule has 0 amide bonds. The lowest BCUT2D eigenvalue weighted by atomic mass is 10.8. The zero-order valence-corrected chi connectivity index (χ0v) is 4.14. The third-order valence-electron chi connectivity index (χ3n) is 0.690. The van der Waals surface area contributed by atoms with Crippen LogP contribution in [0.2, 0.25) is 0 Å². The van der Waals surface area contributed by atoms with Gasteiger partial charge in [0, 0.05) is 7.11 Å². The van der Waals surface area contributed by atoms with Crippen molar-refractivity contribution in [3.63, 3.8) is 0 Å². The minimum absolute atomic E-state index is 0.292. The van der Waals surface area contributed by atoms with Gasteiger partial charge < -0.3 is 14.2 Å². The van der Waals surface area contributed by atoms with Gasteiger partial charge in [0.2, 0.25) is 0 Å². The van der Waals surface area contributed by atoms with E-state index in [1.165, 1.54) is 7.11 Å². The van der Waals surface area contributed by atoms with Crippen LogP contribution < -0.4 is 0 Å². The third-order valence-corrected chi connectivity index (χ3v) is 0.690. The van der Waals surface area contributed by atoms with Crippen molar-refractivity contribution in [2.45, 2.75) is 0 Å². The third kappa shape index (κ3) is 1.12. The molecule has 0 aromatic heterocycles. The maximum Gasteiger partial charge on any atom is 0.370 e. The van der Waals surface area contributed by atoms with Crippen molar-refractivity contribution < 1.29 is 14.2 Å². The average molecular weight is 103 g/mol. The second kappa shape index (κ2) is 2.26. The van der Waals surface area contributed by atoms with E-state index in [9.17, 15) is 0 Å². The summed E-state index contributed by atoms with van der Waals surface area (Å²) >= 11 is 0. The van der Waals surface area contributed by atoms with Gasteiger partial charge >= 0.3 is 6.48 Å². The van der Waals surface area contributed by atoms with Crippen LogP contribution in [0.3, 0.4) is 0 Å². The fourth-order valence-corrected chi connectivity index (χ4v) is 0.410. The molecule has 0 aromatic carbocycles. The minimum Gasteiger partial charge on any atom is -0.324 e. The number of methoxy groups -OCH3 is 1. The SMILES string of the molecule is CO[C]1OCCO1. The quantitative estimate of drug-likeness (QED) is 0.472. The molecule has 1 aliphatic rings. The highest BCUT2D eigenvalue weighted by atomic mass is 16.9. The summed E-state index contributed by atoms with van der Waals surface area (Å²) in [5, 5.41) is 0. The van der Waals surface area contributed by atoms with Crippen LogP contribution in [0.1, 0.15) is 0 Å². The Morgan fingerprint density at radius 1 is 1.43 bits per heavy atom. The second-order valence-electron chi connectivity index (χ2n) is 1.15. The molecular weight excluding hydrogens is 96.0 g/mol. The molecule has 3 heteroatoms. The predicted octanol–water partition coefficient (Wildman–Crippen LogP) is 0.127. The molecule has 1 fully saturated rings. The van der Waals surface area contributed by atoms with E-state index < -0.39 is 0 Å². The topological polar surface area (TPSA) is 27.7 Å². The van der Waals surface area contributed by atoms with E-state index in [1.54, 1.807) is 0 Å². The summed E-state index contributed by atoms with van der Waals surface area (Å²) in [5.41, 5.74) is 0. The summed E-state index contributed by atoms with van der Waals surface area (Å²) in [5.74, 6) is 0. The number of hydrogen-bond donors (Lipinski definition) is 0. The average Bonchev–Trinajstić information content (AvgIpc) is 2.14. The van der Waals surface area contributed by atoms with E-state index in [2.05, 4.69) is 4.74 Å². The number of hydrogen-bond acceptors (Lipinski definition) is 3. The van der Waals surface area contributed by atoms with Crippen LogP contribution in [-0.4, -0.2) is 20.3 Å². The Balaban J connectivity index is 2.14. The van der Waals surface area contributed by atoms with E-state index in [0.29, 0.717) is 19.7 Å². The van der Waals surface area contributed by atoms with Crippen molar-refractivity contribution in [1.82, 2.24) is 0 Å². The molecule has 1 heterocycles. The highest BCUT2D eigenvalue weighted by molar-refractivity contribution is 4.53. The van der Waals surface area contributed by atoms with Crippen LogP contribution in [0.4, 0.5) is 0 Å². The molecule has 0 saturated carbocycles. The number of ether oxygens (including phenoxy) is 3. The normalized spacial score (nSPS) is 23.6. The summed E-state index contributed by atoms with van der Waals surface area (Å²) in [7, 11) is 1.51. The molecule has 41 valence electrons. The van der Waals surface area contributed by atoms with Crippen LogP contribution in [0.15, 0.2) is 0 Å². The Bertz CT molecular complexity index is 48.9. The molecule has 1 saturated heterocycles. The Kier molecular flexibility index (Phi) is 1.62. The Hall–Kier alpha value is -0.120. The first-order valence-corrected chi connectivity index (χ1v) is 2.10. The molecule has 1 aliphatic heterocycles. The lowest BCUT2D eigenvalue weighted by Crippen LogP contribution is -1.97. The van der Waals surface area contributed by atoms with E-state index in [1.807, 2.05) is 0 Å². The van der Waals surface area contributed by atoms with Crippen molar-refractivity contribution in [1.29, 1.82) is 0 Å². The van der Waals surface area contributed by atoms with E-state index >= 15 is 0 Å². The van der Waals surface area contributed by atoms with Gasteiger partial charge in [0.05, 0.1) is 13.2 Å². The Morgan fingerprint density at radius 2 is 2.00 bits per heavy atom.